The first-order chi connectivity index (χ1) is 16.1. The SMILES string of the molecule is CCNC(=O)Nc1cc(-c2nc(C3CCCCC3)cs2)c(-c2cncc(C(=O)NN)c2)cn1. The Labute approximate surface area is 196 Å². The predicted molar refractivity (Wildman–Crippen MR) is 129 cm³/mol. The number of aromatic nitrogens is 3. The van der Waals surface area contributed by atoms with E-state index >= 15 is 0 Å². The van der Waals surface area contributed by atoms with Crippen molar-refractivity contribution < 1.29 is 9.59 Å². The van der Waals surface area contributed by atoms with Crippen LogP contribution in [0.2, 0.25) is 0 Å². The number of hydrazine groups is 1. The number of carbonyl (C=O) groups is 2. The van der Waals surface area contributed by atoms with Crippen molar-refractivity contribution >= 4 is 29.1 Å². The molecule has 3 amide bonds. The van der Waals surface area contributed by atoms with E-state index in [1.54, 1.807) is 29.8 Å². The molecular weight excluding hydrogens is 438 g/mol. The molecule has 1 aliphatic rings. The van der Waals surface area contributed by atoms with E-state index in [0.717, 1.165) is 34.7 Å². The Kier molecular flexibility index (Phi) is 7.26. The van der Waals surface area contributed by atoms with Crippen LogP contribution in [-0.2, 0) is 0 Å². The number of hydrogen-bond acceptors (Lipinski definition) is 7. The summed E-state index contributed by atoms with van der Waals surface area (Å²) in [5.41, 5.74) is 5.87. The van der Waals surface area contributed by atoms with Crippen LogP contribution < -0.4 is 21.9 Å². The molecule has 0 radical (unpaired) electrons. The molecule has 1 aliphatic carbocycles. The molecule has 0 spiro atoms. The number of nitrogens with one attached hydrogen (secondary N) is 3. The van der Waals surface area contributed by atoms with Crippen molar-refractivity contribution in [1.29, 1.82) is 0 Å². The summed E-state index contributed by atoms with van der Waals surface area (Å²) in [4.78, 5) is 37.6. The lowest BCUT2D eigenvalue weighted by Crippen LogP contribution is -2.30. The van der Waals surface area contributed by atoms with E-state index in [1.165, 1.54) is 25.5 Å². The van der Waals surface area contributed by atoms with Gasteiger partial charge < -0.3 is 5.32 Å². The van der Waals surface area contributed by atoms with Gasteiger partial charge in [0.05, 0.1) is 11.3 Å². The highest BCUT2D eigenvalue weighted by Crippen LogP contribution is 2.39. The third-order valence-corrected chi connectivity index (χ3v) is 6.60. The first-order valence-corrected chi connectivity index (χ1v) is 11.9. The number of hydrogen-bond donors (Lipinski definition) is 4. The van der Waals surface area contributed by atoms with Crippen molar-refractivity contribution in [1.82, 2.24) is 25.7 Å². The van der Waals surface area contributed by atoms with Gasteiger partial charge in [0.2, 0.25) is 0 Å². The molecule has 0 unspecified atom stereocenters. The third kappa shape index (κ3) is 5.35. The molecule has 5 N–H and O–H groups in total. The minimum absolute atomic E-state index is 0.325. The molecule has 33 heavy (non-hydrogen) atoms. The van der Waals surface area contributed by atoms with E-state index in [1.807, 2.05) is 13.0 Å². The molecule has 0 saturated heterocycles. The van der Waals surface area contributed by atoms with Gasteiger partial charge in [0.15, 0.2) is 0 Å². The maximum atomic E-state index is 12.0. The summed E-state index contributed by atoms with van der Waals surface area (Å²) in [6.45, 7) is 2.36. The third-order valence-electron chi connectivity index (χ3n) is 5.70. The quantitative estimate of drug-likeness (QED) is 0.246. The van der Waals surface area contributed by atoms with Crippen LogP contribution in [0.1, 0.15) is 61.0 Å². The van der Waals surface area contributed by atoms with Crippen LogP contribution in [0.5, 0.6) is 0 Å². The van der Waals surface area contributed by atoms with Gasteiger partial charge in [-0.3, -0.25) is 20.5 Å². The molecule has 0 aromatic carbocycles. The Morgan fingerprint density at radius 1 is 1.12 bits per heavy atom. The maximum absolute atomic E-state index is 12.0. The number of nitrogen functional groups attached to an aromatic ring is 1. The number of nitrogens with zero attached hydrogens (tertiary/aromatic N) is 3. The van der Waals surface area contributed by atoms with Crippen molar-refractivity contribution in [3.63, 3.8) is 0 Å². The molecule has 1 fully saturated rings. The molecule has 172 valence electrons. The molecule has 4 rings (SSSR count). The fourth-order valence-corrected chi connectivity index (χ4v) is 4.97. The zero-order chi connectivity index (χ0) is 23.2. The predicted octanol–water partition coefficient (Wildman–Crippen LogP) is 4.06. The normalized spacial score (nSPS) is 14.0. The van der Waals surface area contributed by atoms with Crippen LogP contribution >= 0.6 is 11.3 Å². The molecular formula is C23H27N7O2S. The van der Waals surface area contributed by atoms with Gasteiger partial charge in [0, 0.05) is 53.1 Å². The fraction of sp³-hybridized carbons (Fsp3) is 0.348. The van der Waals surface area contributed by atoms with Gasteiger partial charge in [-0.2, -0.15) is 0 Å². The van der Waals surface area contributed by atoms with E-state index in [0.29, 0.717) is 29.4 Å². The number of rotatable bonds is 6. The van der Waals surface area contributed by atoms with Crippen LogP contribution in [0.25, 0.3) is 21.7 Å². The second kappa shape index (κ2) is 10.5. The lowest BCUT2D eigenvalue weighted by molar-refractivity contribution is 0.0953. The van der Waals surface area contributed by atoms with Crippen molar-refractivity contribution in [2.24, 2.45) is 5.84 Å². The second-order valence-corrected chi connectivity index (χ2v) is 8.81. The summed E-state index contributed by atoms with van der Waals surface area (Å²) in [7, 11) is 0. The monoisotopic (exact) mass is 465 g/mol. The number of pyridine rings is 2. The maximum Gasteiger partial charge on any atom is 0.320 e. The van der Waals surface area contributed by atoms with Gasteiger partial charge in [0.1, 0.15) is 10.8 Å². The number of amides is 3. The zero-order valence-electron chi connectivity index (χ0n) is 18.4. The average Bonchev–Trinajstić information content (AvgIpc) is 3.34. The summed E-state index contributed by atoms with van der Waals surface area (Å²) < 4.78 is 0. The van der Waals surface area contributed by atoms with E-state index in [9.17, 15) is 9.59 Å². The summed E-state index contributed by atoms with van der Waals surface area (Å²) in [5, 5.41) is 8.43. The van der Waals surface area contributed by atoms with Crippen molar-refractivity contribution in [3.8, 4) is 21.7 Å². The van der Waals surface area contributed by atoms with E-state index in [-0.39, 0.29) is 6.03 Å². The topological polar surface area (TPSA) is 135 Å². The van der Waals surface area contributed by atoms with E-state index in [2.05, 4.69) is 31.4 Å². The largest absolute Gasteiger partial charge is 0.338 e. The number of urea groups is 1. The molecule has 0 bridgehead atoms. The van der Waals surface area contributed by atoms with Crippen LogP contribution in [0, 0.1) is 0 Å². The van der Waals surface area contributed by atoms with Gasteiger partial charge in [0.25, 0.3) is 5.91 Å². The summed E-state index contributed by atoms with van der Waals surface area (Å²) >= 11 is 1.57. The molecule has 0 atom stereocenters. The Morgan fingerprint density at radius 3 is 2.70 bits per heavy atom. The van der Waals surface area contributed by atoms with Gasteiger partial charge in [-0.25, -0.2) is 20.6 Å². The highest BCUT2D eigenvalue weighted by molar-refractivity contribution is 7.13. The number of anilines is 1. The zero-order valence-corrected chi connectivity index (χ0v) is 19.2. The Hall–Kier alpha value is -3.37. The van der Waals surface area contributed by atoms with Gasteiger partial charge in [-0.1, -0.05) is 19.3 Å². The highest BCUT2D eigenvalue weighted by atomic mass is 32.1. The van der Waals surface area contributed by atoms with Crippen molar-refractivity contribution in [3.05, 3.63) is 47.4 Å². The minimum atomic E-state index is -0.429. The molecule has 10 heteroatoms. The lowest BCUT2D eigenvalue weighted by atomic mass is 9.87. The van der Waals surface area contributed by atoms with Crippen LogP contribution in [0.4, 0.5) is 10.6 Å². The Bertz CT molecular complexity index is 1140. The summed E-state index contributed by atoms with van der Waals surface area (Å²) in [6, 6.07) is 3.19. The molecule has 3 heterocycles. The Morgan fingerprint density at radius 2 is 1.94 bits per heavy atom. The average molecular weight is 466 g/mol. The van der Waals surface area contributed by atoms with Crippen LogP contribution in [-0.4, -0.2) is 33.4 Å². The molecule has 9 nitrogen and oxygen atoms in total. The molecule has 3 aromatic rings. The standard InChI is InChI=1S/C23H27N7O2S/c1-2-26-23(32)29-20-9-17(22-28-19(13-33-22)14-6-4-3-5-7-14)18(12-27-20)15-8-16(11-25-10-15)21(31)30-24/h8-14H,2-7,24H2,1H3,(H,30,31)(H2,26,27,29,32). The Balaban J connectivity index is 1.75. The molecule has 3 aromatic heterocycles. The molecule has 1 saturated carbocycles. The van der Waals surface area contributed by atoms with Gasteiger partial charge in [-0.15, -0.1) is 11.3 Å². The van der Waals surface area contributed by atoms with E-state index in [4.69, 9.17) is 10.8 Å². The van der Waals surface area contributed by atoms with Gasteiger partial charge >= 0.3 is 6.03 Å². The summed E-state index contributed by atoms with van der Waals surface area (Å²) in [6.07, 6.45) is 10.9. The first kappa shape index (κ1) is 22.8. The van der Waals surface area contributed by atoms with Crippen molar-refractivity contribution in [2.45, 2.75) is 44.9 Å². The lowest BCUT2D eigenvalue weighted by Gasteiger charge is -2.19. The number of thiazole rings is 1. The second-order valence-electron chi connectivity index (χ2n) is 7.95. The summed E-state index contributed by atoms with van der Waals surface area (Å²) in [5.74, 6) is 5.76. The van der Waals surface area contributed by atoms with Crippen LogP contribution in [0.3, 0.4) is 0 Å². The minimum Gasteiger partial charge on any atom is -0.338 e. The fourth-order valence-electron chi connectivity index (χ4n) is 4.04. The van der Waals surface area contributed by atoms with E-state index < -0.39 is 5.91 Å². The highest BCUT2D eigenvalue weighted by Gasteiger charge is 2.21. The van der Waals surface area contributed by atoms with Crippen molar-refractivity contribution in [2.75, 3.05) is 11.9 Å². The molecule has 0 aliphatic heterocycles. The van der Waals surface area contributed by atoms with Gasteiger partial charge in [-0.05, 0) is 31.9 Å². The van der Waals surface area contributed by atoms with Crippen LogP contribution in [0.15, 0.2) is 36.1 Å². The first-order valence-electron chi connectivity index (χ1n) is 11.1. The number of nitrogens with two attached hydrogens (primary N) is 1. The number of carbonyl (C=O) groups excluding carboxylic acids is 2. The smallest absolute Gasteiger partial charge is 0.320 e.